The van der Waals surface area contributed by atoms with Crippen LogP contribution in [0, 0.1) is 11.8 Å². The number of hydrogen-bond acceptors (Lipinski definition) is 6. The van der Waals surface area contributed by atoms with Gasteiger partial charge in [-0.3, -0.25) is 4.21 Å². The Labute approximate surface area is 187 Å². The number of nitrogens with one attached hydrogen (secondary N) is 1. The maximum Gasteiger partial charge on any atom is 0.395 e. The van der Waals surface area contributed by atoms with Gasteiger partial charge in [-0.2, -0.15) is 18.2 Å². The molecule has 2 unspecified atom stereocenters. The van der Waals surface area contributed by atoms with Crippen molar-refractivity contribution in [2.45, 2.75) is 55.1 Å². The number of anilines is 2. The third kappa shape index (κ3) is 4.19. The smallest absolute Gasteiger partial charge is 0.394 e. The number of alkyl halides is 3. The van der Waals surface area contributed by atoms with Crippen LogP contribution in [0.2, 0.25) is 0 Å². The van der Waals surface area contributed by atoms with Gasteiger partial charge in [0.2, 0.25) is 5.95 Å². The fourth-order valence-electron chi connectivity index (χ4n) is 4.73. The molecule has 2 N–H and O–H groups in total. The van der Waals surface area contributed by atoms with Crippen molar-refractivity contribution >= 4 is 22.6 Å². The molecular formula is C22H27F3N4O2S. The van der Waals surface area contributed by atoms with E-state index in [1.807, 2.05) is 0 Å². The fraction of sp³-hybridized carbons (Fsp3) is 0.636. The van der Waals surface area contributed by atoms with Gasteiger partial charge in [-0.25, -0.2) is 4.98 Å². The van der Waals surface area contributed by atoms with Crippen molar-refractivity contribution in [1.82, 2.24) is 9.97 Å². The highest BCUT2D eigenvalue weighted by atomic mass is 32.2. The van der Waals surface area contributed by atoms with Gasteiger partial charge in [0.15, 0.2) is 0 Å². The summed E-state index contributed by atoms with van der Waals surface area (Å²) in [5.41, 5.74) is 1.44. The minimum Gasteiger partial charge on any atom is -0.394 e. The second-order valence-electron chi connectivity index (χ2n) is 9.22. The van der Waals surface area contributed by atoms with E-state index in [-0.39, 0.29) is 24.5 Å². The van der Waals surface area contributed by atoms with E-state index in [0.717, 1.165) is 37.0 Å². The standard InChI is InChI=1S/C22H27F3N4O2S/c23-22(24,25)16-3-1-14(2-4-16)15-5-10-29(11-6-15)20-26-17-7-12-32(31)18(17)19(27-20)28-21(13-30)8-9-21/h1-3,15-16,30H,4-13H2,(H,26,27,28). The zero-order chi connectivity index (χ0) is 22.5. The normalized spacial score (nSPS) is 27.2. The third-order valence-corrected chi connectivity index (χ3v) is 8.47. The first-order valence-electron chi connectivity index (χ1n) is 11.2. The lowest BCUT2D eigenvalue weighted by molar-refractivity contribution is -0.160. The molecule has 10 heteroatoms. The Morgan fingerprint density at radius 2 is 2.00 bits per heavy atom. The summed E-state index contributed by atoms with van der Waals surface area (Å²) < 4.78 is 51.2. The summed E-state index contributed by atoms with van der Waals surface area (Å²) in [6, 6.07) is 0. The second kappa shape index (κ2) is 8.13. The van der Waals surface area contributed by atoms with Gasteiger partial charge in [0.05, 0.1) is 34.6 Å². The van der Waals surface area contributed by atoms with Crippen LogP contribution in [0.1, 0.15) is 37.8 Å². The summed E-state index contributed by atoms with van der Waals surface area (Å²) in [6.07, 6.45) is 4.51. The number of fused-ring (bicyclic) bond motifs is 1. The van der Waals surface area contributed by atoms with E-state index in [0.29, 0.717) is 41.9 Å². The van der Waals surface area contributed by atoms with Crippen LogP contribution in [0.5, 0.6) is 0 Å². The van der Waals surface area contributed by atoms with Gasteiger partial charge in [-0.15, -0.1) is 0 Å². The minimum absolute atomic E-state index is 0.0109. The number of aliphatic hydroxyl groups is 1. The van der Waals surface area contributed by atoms with Crippen LogP contribution in [0.15, 0.2) is 28.7 Å². The van der Waals surface area contributed by atoms with Crippen LogP contribution in [-0.2, 0) is 17.2 Å². The molecule has 1 aromatic heterocycles. The average Bonchev–Trinajstić information content (AvgIpc) is 3.46. The minimum atomic E-state index is -4.18. The van der Waals surface area contributed by atoms with Crippen LogP contribution >= 0.6 is 0 Å². The fourth-order valence-corrected chi connectivity index (χ4v) is 6.04. The highest BCUT2D eigenvalue weighted by Gasteiger charge is 2.44. The van der Waals surface area contributed by atoms with E-state index in [1.54, 1.807) is 12.2 Å². The van der Waals surface area contributed by atoms with Crippen molar-refractivity contribution in [1.29, 1.82) is 0 Å². The van der Waals surface area contributed by atoms with Crippen molar-refractivity contribution in [3.8, 4) is 0 Å². The number of aliphatic hydroxyl groups excluding tert-OH is 1. The summed E-state index contributed by atoms with van der Waals surface area (Å²) in [7, 11) is -1.13. The van der Waals surface area contributed by atoms with E-state index in [1.165, 1.54) is 6.08 Å². The number of allylic oxidation sites excluding steroid dienone is 4. The molecule has 174 valence electrons. The summed E-state index contributed by atoms with van der Waals surface area (Å²) >= 11 is 0. The molecule has 0 amide bonds. The van der Waals surface area contributed by atoms with Gasteiger partial charge < -0.3 is 15.3 Å². The summed E-state index contributed by atoms with van der Waals surface area (Å²) in [5, 5.41) is 13.0. The Kier molecular flexibility index (Phi) is 5.56. The van der Waals surface area contributed by atoms with Crippen molar-refractivity contribution in [3.05, 3.63) is 29.5 Å². The zero-order valence-corrected chi connectivity index (χ0v) is 18.5. The van der Waals surface area contributed by atoms with E-state index < -0.39 is 22.9 Å². The predicted octanol–water partition coefficient (Wildman–Crippen LogP) is 3.36. The monoisotopic (exact) mass is 468 g/mol. The van der Waals surface area contributed by atoms with Crippen LogP contribution in [-0.4, -0.2) is 56.4 Å². The maximum absolute atomic E-state index is 12.9. The van der Waals surface area contributed by atoms with Gasteiger partial charge in [0.1, 0.15) is 10.7 Å². The summed E-state index contributed by atoms with van der Waals surface area (Å²) in [4.78, 5) is 12.2. The number of halogens is 3. The Balaban J connectivity index is 1.29. The maximum atomic E-state index is 12.9. The van der Waals surface area contributed by atoms with E-state index in [4.69, 9.17) is 9.97 Å². The Bertz CT molecular complexity index is 982. The topological polar surface area (TPSA) is 78.4 Å². The molecule has 0 aromatic carbocycles. The molecule has 3 heterocycles. The van der Waals surface area contributed by atoms with Crippen molar-refractivity contribution < 1.29 is 22.5 Å². The van der Waals surface area contributed by atoms with Crippen LogP contribution in [0.3, 0.4) is 0 Å². The Morgan fingerprint density at radius 3 is 2.59 bits per heavy atom. The van der Waals surface area contributed by atoms with E-state index >= 15 is 0 Å². The molecule has 2 fully saturated rings. The van der Waals surface area contributed by atoms with Crippen molar-refractivity contribution in [2.75, 3.05) is 35.7 Å². The third-order valence-electron chi connectivity index (χ3n) is 7.01. The highest BCUT2D eigenvalue weighted by molar-refractivity contribution is 7.85. The van der Waals surface area contributed by atoms with Crippen molar-refractivity contribution in [2.24, 2.45) is 11.8 Å². The van der Waals surface area contributed by atoms with Crippen LogP contribution in [0.4, 0.5) is 24.9 Å². The number of rotatable bonds is 5. The van der Waals surface area contributed by atoms with Crippen LogP contribution < -0.4 is 10.2 Å². The molecule has 2 atom stereocenters. The molecule has 0 radical (unpaired) electrons. The quantitative estimate of drug-likeness (QED) is 0.690. The SMILES string of the molecule is O=S1CCc2nc(N3CCC(C4=CCC(C(F)(F)F)C=C4)CC3)nc(NC3(CO)CC3)c21. The van der Waals surface area contributed by atoms with Gasteiger partial charge in [0, 0.05) is 25.3 Å². The molecular weight excluding hydrogens is 441 g/mol. The number of hydrogen-bond donors (Lipinski definition) is 2. The first kappa shape index (κ1) is 21.9. The van der Waals surface area contributed by atoms with Crippen LogP contribution in [0.25, 0.3) is 0 Å². The average molecular weight is 469 g/mol. The van der Waals surface area contributed by atoms with E-state index in [2.05, 4.69) is 10.2 Å². The molecule has 1 saturated heterocycles. The van der Waals surface area contributed by atoms with Gasteiger partial charge in [0.25, 0.3) is 0 Å². The second-order valence-corrected chi connectivity index (χ2v) is 10.7. The zero-order valence-electron chi connectivity index (χ0n) is 17.7. The number of aryl methyl sites for hydroxylation is 1. The molecule has 4 aliphatic rings. The molecule has 0 bridgehead atoms. The molecule has 1 aromatic rings. The largest absolute Gasteiger partial charge is 0.395 e. The number of aromatic nitrogens is 2. The predicted molar refractivity (Wildman–Crippen MR) is 116 cm³/mol. The molecule has 2 aliphatic heterocycles. The van der Waals surface area contributed by atoms with Gasteiger partial charge >= 0.3 is 6.18 Å². The lowest BCUT2D eigenvalue weighted by Crippen LogP contribution is -2.36. The molecule has 5 rings (SSSR count). The number of nitrogens with zero attached hydrogens (tertiary/aromatic N) is 3. The molecule has 32 heavy (non-hydrogen) atoms. The highest BCUT2D eigenvalue weighted by Crippen LogP contribution is 2.41. The molecule has 2 aliphatic carbocycles. The summed E-state index contributed by atoms with van der Waals surface area (Å²) in [6.45, 7) is 1.44. The molecule has 1 saturated carbocycles. The first-order valence-corrected chi connectivity index (χ1v) is 12.5. The molecule has 0 spiro atoms. The lowest BCUT2D eigenvalue weighted by Gasteiger charge is -2.34. The van der Waals surface area contributed by atoms with Gasteiger partial charge in [-0.1, -0.05) is 18.2 Å². The lowest BCUT2D eigenvalue weighted by atomic mass is 9.84. The van der Waals surface area contributed by atoms with Gasteiger partial charge in [-0.05, 0) is 43.6 Å². The van der Waals surface area contributed by atoms with E-state index in [9.17, 15) is 22.5 Å². The Hall–Kier alpha value is -1.94. The first-order chi connectivity index (χ1) is 15.3. The molecule has 6 nitrogen and oxygen atoms in total. The number of piperidine rings is 1. The summed E-state index contributed by atoms with van der Waals surface area (Å²) in [5.74, 6) is 0.570. The van der Waals surface area contributed by atoms with Crippen molar-refractivity contribution in [3.63, 3.8) is 0 Å². The Morgan fingerprint density at radius 1 is 1.25 bits per heavy atom.